The summed E-state index contributed by atoms with van der Waals surface area (Å²) in [6.45, 7) is 0. The predicted octanol–water partition coefficient (Wildman–Crippen LogP) is 3.61. The van der Waals surface area contributed by atoms with Gasteiger partial charge in [-0.1, -0.05) is 48.5 Å². The van der Waals surface area contributed by atoms with Gasteiger partial charge in [-0.15, -0.1) is 0 Å². The van der Waals surface area contributed by atoms with Gasteiger partial charge in [-0.2, -0.15) is 0 Å². The van der Waals surface area contributed by atoms with Crippen LogP contribution < -0.4 is 5.73 Å². The second kappa shape index (κ2) is 4.58. The number of rotatable bonds is 2. The first kappa shape index (κ1) is 11.5. The van der Waals surface area contributed by atoms with Crippen molar-refractivity contribution >= 4 is 16.7 Å². The van der Waals surface area contributed by atoms with Crippen LogP contribution in [0.5, 0.6) is 0 Å². The van der Waals surface area contributed by atoms with Gasteiger partial charge < -0.3 is 5.73 Å². The molecule has 0 heterocycles. The minimum absolute atomic E-state index is 0.400. The Balaban J connectivity index is 2.13. The molecule has 0 aliphatic heterocycles. The zero-order valence-electron chi connectivity index (χ0n) is 10.3. The van der Waals surface area contributed by atoms with Crippen LogP contribution in [-0.4, -0.2) is 5.91 Å². The molecule has 1 amide bonds. The number of primary amides is 1. The van der Waals surface area contributed by atoms with E-state index in [1.54, 1.807) is 6.07 Å². The van der Waals surface area contributed by atoms with Crippen molar-refractivity contribution in [3.63, 3.8) is 0 Å². The van der Waals surface area contributed by atoms with E-state index in [0.29, 0.717) is 5.56 Å². The van der Waals surface area contributed by atoms with E-state index in [0.717, 1.165) is 11.1 Å². The van der Waals surface area contributed by atoms with Crippen molar-refractivity contribution in [1.82, 2.24) is 0 Å². The molecule has 2 nitrogen and oxygen atoms in total. The van der Waals surface area contributed by atoms with Crippen molar-refractivity contribution in [2.75, 3.05) is 0 Å². The lowest BCUT2D eigenvalue weighted by molar-refractivity contribution is 0.100. The maximum atomic E-state index is 11.2. The van der Waals surface area contributed by atoms with Crippen molar-refractivity contribution in [2.45, 2.75) is 0 Å². The number of hydrogen-bond acceptors (Lipinski definition) is 1. The monoisotopic (exact) mass is 247 g/mol. The van der Waals surface area contributed by atoms with E-state index in [1.807, 2.05) is 30.3 Å². The molecule has 0 atom stereocenters. The van der Waals surface area contributed by atoms with Gasteiger partial charge in [-0.3, -0.25) is 4.79 Å². The number of nitrogens with two attached hydrogens (primary N) is 1. The summed E-state index contributed by atoms with van der Waals surface area (Å²) in [5.74, 6) is -0.400. The molecule has 3 aromatic rings. The average Bonchev–Trinajstić information content (AvgIpc) is 2.47. The smallest absolute Gasteiger partial charge is 0.248 e. The Labute approximate surface area is 111 Å². The second-order valence-electron chi connectivity index (χ2n) is 4.51. The van der Waals surface area contributed by atoms with E-state index >= 15 is 0 Å². The number of carbonyl (C=O) groups is 1. The molecule has 0 aromatic heterocycles. The number of amides is 1. The van der Waals surface area contributed by atoms with Crippen molar-refractivity contribution in [1.29, 1.82) is 0 Å². The highest BCUT2D eigenvalue weighted by Gasteiger charge is 2.03. The zero-order chi connectivity index (χ0) is 13.2. The first-order valence-electron chi connectivity index (χ1n) is 6.13. The highest BCUT2D eigenvalue weighted by atomic mass is 16.1. The normalized spacial score (nSPS) is 10.5. The molecule has 0 bridgehead atoms. The van der Waals surface area contributed by atoms with Gasteiger partial charge >= 0.3 is 0 Å². The summed E-state index contributed by atoms with van der Waals surface area (Å²) in [4.78, 5) is 11.2. The molecule has 0 saturated heterocycles. The second-order valence-corrected chi connectivity index (χ2v) is 4.51. The van der Waals surface area contributed by atoms with Gasteiger partial charge in [0, 0.05) is 5.56 Å². The first-order chi connectivity index (χ1) is 9.24. The van der Waals surface area contributed by atoms with Gasteiger partial charge in [0.2, 0.25) is 5.91 Å². The number of carbonyl (C=O) groups excluding carboxylic acids is 1. The standard InChI is InChI=1S/C17H13NO/c18-17(19)16-7-3-6-14(11-16)15-9-8-12-4-1-2-5-13(12)10-15/h1-11H,(H2,18,19). The quantitative estimate of drug-likeness (QED) is 0.738. The Kier molecular flexibility index (Phi) is 2.76. The van der Waals surface area contributed by atoms with E-state index in [4.69, 9.17) is 5.73 Å². The molecule has 0 aliphatic rings. The van der Waals surface area contributed by atoms with Gasteiger partial charge in [-0.05, 0) is 40.1 Å². The third-order valence-electron chi connectivity index (χ3n) is 3.23. The molecule has 19 heavy (non-hydrogen) atoms. The molecule has 3 aromatic carbocycles. The molecule has 0 unspecified atom stereocenters. The van der Waals surface area contributed by atoms with Crippen LogP contribution in [-0.2, 0) is 0 Å². The Morgan fingerprint density at radius 3 is 2.26 bits per heavy atom. The van der Waals surface area contributed by atoms with Crippen LogP contribution in [0.4, 0.5) is 0 Å². The highest BCUT2D eigenvalue weighted by Crippen LogP contribution is 2.25. The minimum atomic E-state index is -0.400. The Morgan fingerprint density at radius 2 is 1.47 bits per heavy atom. The van der Waals surface area contributed by atoms with Gasteiger partial charge in [-0.25, -0.2) is 0 Å². The van der Waals surface area contributed by atoms with Crippen LogP contribution in [0.15, 0.2) is 66.7 Å². The minimum Gasteiger partial charge on any atom is -0.366 e. The number of benzene rings is 3. The fourth-order valence-electron chi connectivity index (χ4n) is 2.22. The highest BCUT2D eigenvalue weighted by molar-refractivity contribution is 5.94. The fraction of sp³-hybridized carbons (Fsp3) is 0. The molecule has 0 radical (unpaired) electrons. The van der Waals surface area contributed by atoms with Crippen LogP contribution in [0.25, 0.3) is 21.9 Å². The van der Waals surface area contributed by atoms with Crippen molar-refractivity contribution < 1.29 is 4.79 Å². The lowest BCUT2D eigenvalue weighted by Crippen LogP contribution is -2.10. The molecule has 3 rings (SSSR count). The average molecular weight is 247 g/mol. The molecule has 92 valence electrons. The van der Waals surface area contributed by atoms with Gasteiger partial charge in [0.1, 0.15) is 0 Å². The summed E-state index contributed by atoms with van der Waals surface area (Å²) in [6, 6.07) is 21.9. The van der Waals surface area contributed by atoms with E-state index < -0.39 is 5.91 Å². The van der Waals surface area contributed by atoms with Crippen LogP contribution in [0.3, 0.4) is 0 Å². The number of fused-ring (bicyclic) bond motifs is 1. The summed E-state index contributed by atoms with van der Waals surface area (Å²) in [5.41, 5.74) is 7.93. The summed E-state index contributed by atoms with van der Waals surface area (Å²) >= 11 is 0. The molecular formula is C17H13NO. The predicted molar refractivity (Wildman–Crippen MR) is 77.9 cm³/mol. The van der Waals surface area contributed by atoms with Gasteiger partial charge in [0.25, 0.3) is 0 Å². The molecule has 2 N–H and O–H groups in total. The zero-order valence-corrected chi connectivity index (χ0v) is 10.3. The van der Waals surface area contributed by atoms with E-state index in [9.17, 15) is 4.79 Å². The molecule has 0 spiro atoms. The molecule has 2 heteroatoms. The maximum Gasteiger partial charge on any atom is 0.248 e. The summed E-state index contributed by atoms with van der Waals surface area (Å²) < 4.78 is 0. The third kappa shape index (κ3) is 2.20. The van der Waals surface area contributed by atoms with E-state index in [1.165, 1.54) is 10.8 Å². The van der Waals surface area contributed by atoms with Crippen LogP contribution in [0.1, 0.15) is 10.4 Å². The topological polar surface area (TPSA) is 43.1 Å². The van der Waals surface area contributed by atoms with Crippen molar-refractivity contribution in [2.24, 2.45) is 5.73 Å². The summed E-state index contributed by atoms with van der Waals surface area (Å²) in [7, 11) is 0. The van der Waals surface area contributed by atoms with E-state index in [-0.39, 0.29) is 0 Å². The lowest BCUT2D eigenvalue weighted by Gasteiger charge is -2.05. The Bertz CT molecular complexity index is 762. The Hall–Kier alpha value is -2.61. The summed E-state index contributed by atoms with van der Waals surface area (Å²) in [5, 5.41) is 2.39. The lowest BCUT2D eigenvalue weighted by atomic mass is 10.00. The van der Waals surface area contributed by atoms with Crippen LogP contribution in [0.2, 0.25) is 0 Å². The first-order valence-corrected chi connectivity index (χ1v) is 6.13. The molecular weight excluding hydrogens is 234 g/mol. The fourth-order valence-corrected chi connectivity index (χ4v) is 2.22. The van der Waals surface area contributed by atoms with Gasteiger partial charge in [0.15, 0.2) is 0 Å². The Morgan fingerprint density at radius 1 is 0.737 bits per heavy atom. The van der Waals surface area contributed by atoms with Crippen LogP contribution in [0, 0.1) is 0 Å². The molecule has 0 fully saturated rings. The van der Waals surface area contributed by atoms with Crippen LogP contribution >= 0.6 is 0 Å². The molecule has 0 saturated carbocycles. The van der Waals surface area contributed by atoms with Gasteiger partial charge in [0.05, 0.1) is 0 Å². The number of hydrogen-bond donors (Lipinski definition) is 1. The SMILES string of the molecule is NC(=O)c1cccc(-c2ccc3ccccc3c2)c1. The maximum absolute atomic E-state index is 11.2. The summed E-state index contributed by atoms with van der Waals surface area (Å²) in [6.07, 6.45) is 0. The molecule has 0 aliphatic carbocycles. The largest absolute Gasteiger partial charge is 0.366 e. The van der Waals surface area contributed by atoms with Crippen molar-refractivity contribution in [3.05, 3.63) is 72.3 Å². The van der Waals surface area contributed by atoms with Crippen molar-refractivity contribution in [3.8, 4) is 11.1 Å². The third-order valence-corrected chi connectivity index (χ3v) is 3.23. The van der Waals surface area contributed by atoms with E-state index in [2.05, 4.69) is 30.3 Å².